The summed E-state index contributed by atoms with van der Waals surface area (Å²) in [6, 6.07) is 2.11. The van der Waals surface area contributed by atoms with E-state index in [1.165, 1.54) is 51.4 Å². The standard InChI is InChI=1S/C26H37N3O/c1-25(2)10-8-19-18(12-25)4-5-21-20(19)9-11-26(3)22(21)6-7-23(26)24(30)16-29-15-17(13-27)14-28-29/h14-15,18-23H,4-12,16H2,1-3H3/t18-,19+,20-,21-,22+,23-,26+/m1/s1. The number of hydrogen-bond acceptors (Lipinski definition) is 3. The molecule has 4 aliphatic carbocycles. The molecule has 0 radical (unpaired) electrons. The fraction of sp³-hybridized carbons (Fsp3) is 0.808. The number of nitriles is 1. The number of carbonyl (C=O) groups is 1. The van der Waals surface area contributed by atoms with Crippen LogP contribution in [0.4, 0.5) is 0 Å². The number of fused-ring (bicyclic) bond motifs is 5. The summed E-state index contributed by atoms with van der Waals surface area (Å²) in [6.07, 6.45) is 15.2. The van der Waals surface area contributed by atoms with Crippen LogP contribution in [0.3, 0.4) is 0 Å². The molecule has 4 nitrogen and oxygen atoms in total. The van der Waals surface area contributed by atoms with Gasteiger partial charge in [0.1, 0.15) is 6.07 Å². The third kappa shape index (κ3) is 3.24. The predicted octanol–water partition coefficient (Wildman–Crippen LogP) is 5.62. The van der Waals surface area contributed by atoms with Crippen LogP contribution in [0.2, 0.25) is 0 Å². The van der Waals surface area contributed by atoms with Crippen LogP contribution in [-0.2, 0) is 11.3 Å². The van der Waals surface area contributed by atoms with E-state index in [1.807, 2.05) is 0 Å². The van der Waals surface area contributed by atoms with Crippen molar-refractivity contribution < 1.29 is 4.79 Å². The Morgan fingerprint density at radius 3 is 2.67 bits per heavy atom. The maximum atomic E-state index is 13.3. The van der Waals surface area contributed by atoms with Gasteiger partial charge in [0.25, 0.3) is 0 Å². The molecule has 1 aromatic heterocycles. The van der Waals surface area contributed by atoms with Crippen LogP contribution >= 0.6 is 0 Å². The molecule has 30 heavy (non-hydrogen) atoms. The molecule has 0 bridgehead atoms. The molecule has 0 amide bonds. The number of rotatable bonds is 3. The van der Waals surface area contributed by atoms with Gasteiger partial charge in [-0.2, -0.15) is 10.4 Å². The summed E-state index contributed by atoms with van der Waals surface area (Å²) in [5.41, 5.74) is 1.25. The molecule has 162 valence electrons. The highest BCUT2D eigenvalue weighted by atomic mass is 16.1. The van der Waals surface area contributed by atoms with E-state index in [9.17, 15) is 4.79 Å². The fourth-order valence-corrected chi connectivity index (χ4v) is 8.61. The second-order valence-corrected chi connectivity index (χ2v) is 12.0. The Balaban J connectivity index is 1.30. The minimum absolute atomic E-state index is 0.168. The quantitative estimate of drug-likeness (QED) is 0.653. The lowest BCUT2D eigenvalue weighted by molar-refractivity contribution is -0.131. The lowest BCUT2D eigenvalue weighted by Crippen LogP contribution is -2.50. The lowest BCUT2D eigenvalue weighted by Gasteiger charge is -2.57. The zero-order valence-electron chi connectivity index (χ0n) is 18.9. The predicted molar refractivity (Wildman–Crippen MR) is 116 cm³/mol. The van der Waals surface area contributed by atoms with Crippen LogP contribution in [0.1, 0.15) is 84.1 Å². The summed E-state index contributed by atoms with van der Waals surface area (Å²) in [7, 11) is 0. The van der Waals surface area contributed by atoms with Gasteiger partial charge >= 0.3 is 0 Å². The van der Waals surface area contributed by atoms with Crippen LogP contribution in [0.25, 0.3) is 0 Å². The first kappa shape index (κ1) is 20.3. The molecule has 0 unspecified atom stereocenters. The van der Waals surface area contributed by atoms with Crippen molar-refractivity contribution in [2.24, 2.45) is 46.3 Å². The average Bonchev–Trinajstić information content (AvgIpc) is 3.30. The first-order valence-electron chi connectivity index (χ1n) is 12.3. The largest absolute Gasteiger partial charge is 0.297 e. The van der Waals surface area contributed by atoms with E-state index in [4.69, 9.17) is 5.26 Å². The second-order valence-electron chi connectivity index (χ2n) is 12.0. The summed E-state index contributed by atoms with van der Waals surface area (Å²) >= 11 is 0. The van der Waals surface area contributed by atoms with Gasteiger partial charge in [0.2, 0.25) is 0 Å². The zero-order valence-corrected chi connectivity index (χ0v) is 18.9. The Hall–Kier alpha value is -1.63. The van der Waals surface area contributed by atoms with E-state index in [1.54, 1.807) is 17.1 Å². The second kappa shape index (κ2) is 7.21. The van der Waals surface area contributed by atoms with Crippen molar-refractivity contribution in [3.63, 3.8) is 0 Å². The molecule has 1 aromatic rings. The highest BCUT2D eigenvalue weighted by Crippen LogP contribution is 2.65. The third-order valence-corrected chi connectivity index (χ3v) is 9.96. The zero-order chi connectivity index (χ0) is 21.1. The Morgan fingerprint density at radius 1 is 1.10 bits per heavy atom. The van der Waals surface area contributed by atoms with Crippen molar-refractivity contribution in [1.29, 1.82) is 5.26 Å². The monoisotopic (exact) mass is 407 g/mol. The molecule has 1 heterocycles. The van der Waals surface area contributed by atoms with Gasteiger partial charge in [0.05, 0.1) is 18.3 Å². The molecule has 4 aliphatic rings. The summed E-state index contributed by atoms with van der Waals surface area (Å²) in [6.45, 7) is 7.70. The number of hydrogen-bond donors (Lipinski definition) is 0. The first-order valence-corrected chi connectivity index (χ1v) is 12.3. The van der Waals surface area contributed by atoms with E-state index in [0.29, 0.717) is 23.3 Å². The Labute approximate surface area is 181 Å². The Bertz CT molecular complexity index is 864. The molecular formula is C26H37N3O. The van der Waals surface area contributed by atoms with Crippen molar-refractivity contribution in [2.75, 3.05) is 0 Å². The van der Waals surface area contributed by atoms with Crippen LogP contribution < -0.4 is 0 Å². The van der Waals surface area contributed by atoms with E-state index < -0.39 is 0 Å². The topological polar surface area (TPSA) is 58.7 Å². The van der Waals surface area contributed by atoms with Gasteiger partial charge in [-0.25, -0.2) is 0 Å². The fourth-order valence-electron chi connectivity index (χ4n) is 8.61. The van der Waals surface area contributed by atoms with Crippen molar-refractivity contribution >= 4 is 5.78 Å². The molecule has 0 aliphatic heterocycles. The molecule has 0 spiro atoms. The minimum atomic E-state index is 0.168. The van der Waals surface area contributed by atoms with E-state index in [0.717, 1.165) is 36.0 Å². The highest BCUT2D eigenvalue weighted by Gasteiger charge is 2.58. The number of aromatic nitrogens is 2. The summed E-state index contributed by atoms with van der Waals surface area (Å²) in [5.74, 6) is 4.89. The molecule has 4 saturated carbocycles. The molecule has 0 aromatic carbocycles. The first-order chi connectivity index (χ1) is 14.3. The van der Waals surface area contributed by atoms with Crippen molar-refractivity contribution in [1.82, 2.24) is 9.78 Å². The van der Waals surface area contributed by atoms with Gasteiger partial charge in [-0.3, -0.25) is 9.48 Å². The maximum absolute atomic E-state index is 13.3. The molecule has 0 saturated heterocycles. The smallest absolute Gasteiger partial charge is 0.157 e. The Kier molecular flexibility index (Phi) is 4.88. The molecule has 4 heteroatoms. The minimum Gasteiger partial charge on any atom is -0.297 e. The van der Waals surface area contributed by atoms with Crippen molar-refractivity contribution in [3.8, 4) is 6.07 Å². The van der Waals surface area contributed by atoms with Crippen molar-refractivity contribution in [3.05, 3.63) is 18.0 Å². The summed E-state index contributed by atoms with van der Waals surface area (Å²) in [5, 5.41) is 13.2. The molecule has 5 rings (SSSR count). The molecule has 7 atom stereocenters. The van der Waals surface area contributed by atoms with E-state index in [2.05, 4.69) is 31.9 Å². The van der Waals surface area contributed by atoms with Crippen LogP contribution in [0.15, 0.2) is 12.4 Å². The number of ketones is 1. The maximum Gasteiger partial charge on any atom is 0.157 e. The molecule has 0 N–H and O–H groups in total. The van der Waals surface area contributed by atoms with E-state index in [-0.39, 0.29) is 11.3 Å². The normalized spacial score (nSPS) is 41.9. The molecule has 4 fully saturated rings. The van der Waals surface area contributed by atoms with Gasteiger partial charge in [-0.15, -0.1) is 0 Å². The van der Waals surface area contributed by atoms with E-state index >= 15 is 0 Å². The number of nitrogens with zero attached hydrogens (tertiary/aromatic N) is 3. The SMILES string of the molecule is CC1(C)CC[C@H]2[C@H](CC[C@@H]3[C@@H]2CC[C@]2(C)[C@@H](C(=O)Cn4cc(C#N)cn4)CC[C@@H]32)C1. The van der Waals surface area contributed by atoms with Gasteiger partial charge < -0.3 is 0 Å². The Morgan fingerprint density at radius 2 is 1.90 bits per heavy atom. The number of Topliss-reactive ketones (excluding diaryl/α,β-unsaturated/α-hetero) is 1. The van der Waals surface area contributed by atoms with Crippen LogP contribution in [0.5, 0.6) is 0 Å². The highest BCUT2D eigenvalue weighted by molar-refractivity contribution is 5.82. The molecular weight excluding hydrogens is 370 g/mol. The van der Waals surface area contributed by atoms with Crippen LogP contribution in [0, 0.1) is 57.7 Å². The average molecular weight is 408 g/mol. The summed E-state index contributed by atoms with van der Waals surface area (Å²) in [4.78, 5) is 13.3. The van der Waals surface area contributed by atoms with Crippen LogP contribution in [-0.4, -0.2) is 15.6 Å². The third-order valence-electron chi connectivity index (χ3n) is 9.96. The van der Waals surface area contributed by atoms with Crippen molar-refractivity contribution in [2.45, 2.75) is 85.1 Å². The van der Waals surface area contributed by atoms with Gasteiger partial charge in [-0.05, 0) is 98.2 Å². The van der Waals surface area contributed by atoms with Gasteiger partial charge in [0, 0.05) is 12.1 Å². The van der Waals surface area contributed by atoms with Gasteiger partial charge in [0.15, 0.2) is 5.78 Å². The number of carbonyl (C=O) groups excluding carboxylic acids is 1. The van der Waals surface area contributed by atoms with Gasteiger partial charge in [-0.1, -0.05) is 20.8 Å². The summed E-state index contributed by atoms with van der Waals surface area (Å²) < 4.78 is 1.66. The lowest BCUT2D eigenvalue weighted by atomic mass is 9.48.